The summed E-state index contributed by atoms with van der Waals surface area (Å²) in [5.74, 6) is 4.59. The first-order valence-corrected chi connectivity index (χ1v) is 6.27. The molecule has 2 heterocycles. The van der Waals surface area contributed by atoms with Crippen molar-refractivity contribution in [1.82, 2.24) is 15.0 Å². The highest BCUT2D eigenvalue weighted by Gasteiger charge is 2.13. The minimum absolute atomic E-state index is 0.0395. The molecule has 6 nitrogen and oxygen atoms in total. The standard InChI is InChI=1S/C13H9ClFN5O/c14-8-3-4-10(11-7(8)2-1-5-17-11)21-12-9(15)6-18-13(19-12)20-16/h1-6H,16H2,(H,18,19,20). The molecule has 0 saturated heterocycles. The Kier molecular flexibility index (Phi) is 3.51. The van der Waals surface area contributed by atoms with Gasteiger partial charge in [0, 0.05) is 11.6 Å². The van der Waals surface area contributed by atoms with Crippen LogP contribution in [0.25, 0.3) is 10.9 Å². The number of halogens is 2. The molecule has 3 aromatic rings. The van der Waals surface area contributed by atoms with Crippen molar-refractivity contribution in [2.45, 2.75) is 0 Å². The molecule has 21 heavy (non-hydrogen) atoms. The number of fused-ring (bicyclic) bond motifs is 1. The number of hydrogen-bond acceptors (Lipinski definition) is 6. The number of ether oxygens (including phenoxy) is 1. The average Bonchev–Trinajstić information content (AvgIpc) is 2.52. The molecule has 0 fully saturated rings. The van der Waals surface area contributed by atoms with Gasteiger partial charge in [-0.1, -0.05) is 11.6 Å². The molecular weight excluding hydrogens is 297 g/mol. The van der Waals surface area contributed by atoms with Crippen LogP contribution in [0.15, 0.2) is 36.7 Å². The van der Waals surface area contributed by atoms with Gasteiger partial charge in [-0.15, -0.1) is 0 Å². The van der Waals surface area contributed by atoms with E-state index in [1.807, 2.05) is 0 Å². The fourth-order valence-electron chi connectivity index (χ4n) is 1.79. The molecule has 0 aliphatic heterocycles. The van der Waals surface area contributed by atoms with E-state index in [2.05, 4.69) is 20.4 Å². The minimum atomic E-state index is -0.715. The Hall–Kier alpha value is -2.51. The number of nitrogens with zero attached hydrogens (tertiary/aromatic N) is 3. The van der Waals surface area contributed by atoms with Crippen molar-refractivity contribution in [1.29, 1.82) is 0 Å². The Labute approximate surface area is 123 Å². The second kappa shape index (κ2) is 5.47. The summed E-state index contributed by atoms with van der Waals surface area (Å²) in [7, 11) is 0. The van der Waals surface area contributed by atoms with E-state index in [0.717, 1.165) is 6.20 Å². The fraction of sp³-hybridized carbons (Fsp3) is 0. The summed E-state index contributed by atoms with van der Waals surface area (Å²) in [6.07, 6.45) is 2.55. The van der Waals surface area contributed by atoms with Gasteiger partial charge in [0.15, 0.2) is 5.75 Å². The Bertz CT molecular complexity index is 814. The van der Waals surface area contributed by atoms with Crippen molar-refractivity contribution in [3.63, 3.8) is 0 Å². The Morgan fingerprint density at radius 3 is 2.90 bits per heavy atom. The van der Waals surface area contributed by atoms with E-state index in [1.54, 1.807) is 30.5 Å². The minimum Gasteiger partial charge on any atom is -0.434 e. The number of anilines is 1. The van der Waals surface area contributed by atoms with Gasteiger partial charge in [-0.05, 0) is 24.3 Å². The second-order valence-electron chi connectivity index (χ2n) is 4.04. The van der Waals surface area contributed by atoms with Crippen molar-refractivity contribution in [2.75, 3.05) is 5.43 Å². The molecular formula is C13H9ClFN5O. The van der Waals surface area contributed by atoms with E-state index in [9.17, 15) is 4.39 Å². The number of benzene rings is 1. The van der Waals surface area contributed by atoms with Crippen molar-refractivity contribution in [3.8, 4) is 11.6 Å². The summed E-state index contributed by atoms with van der Waals surface area (Å²) in [5.41, 5.74) is 2.73. The van der Waals surface area contributed by atoms with Gasteiger partial charge in [-0.2, -0.15) is 9.37 Å². The van der Waals surface area contributed by atoms with Gasteiger partial charge < -0.3 is 4.74 Å². The third-order valence-electron chi connectivity index (χ3n) is 2.73. The zero-order chi connectivity index (χ0) is 14.8. The van der Waals surface area contributed by atoms with Crippen LogP contribution in [0.2, 0.25) is 5.02 Å². The highest BCUT2D eigenvalue weighted by molar-refractivity contribution is 6.35. The smallest absolute Gasteiger partial charge is 0.260 e. The van der Waals surface area contributed by atoms with E-state index in [1.165, 1.54) is 0 Å². The van der Waals surface area contributed by atoms with Gasteiger partial charge in [0.05, 0.1) is 11.2 Å². The summed E-state index contributed by atoms with van der Waals surface area (Å²) in [5, 5.41) is 1.22. The van der Waals surface area contributed by atoms with Crippen LogP contribution in [0.1, 0.15) is 0 Å². The van der Waals surface area contributed by atoms with Crippen molar-refractivity contribution < 1.29 is 9.13 Å². The van der Waals surface area contributed by atoms with Gasteiger partial charge in [-0.3, -0.25) is 10.4 Å². The van der Waals surface area contributed by atoms with Crippen molar-refractivity contribution in [3.05, 3.63) is 47.5 Å². The molecule has 3 N–H and O–H groups in total. The van der Waals surface area contributed by atoms with E-state index in [0.29, 0.717) is 21.7 Å². The summed E-state index contributed by atoms with van der Waals surface area (Å²) < 4.78 is 19.2. The molecule has 0 amide bonds. The van der Waals surface area contributed by atoms with Crippen LogP contribution in [0.5, 0.6) is 11.6 Å². The van der Waals surface area contributed by atoms with Gasteiger partial charge in [0.1, 0.15) is 5.52 Å². The third-order valence-corrected chi connectivity index (χ3v) is 3.06. The monoisotopic (exact) mass is 305 g/mol. The predicted octanol–water partition coefficient (Wildman–Crippen LogP) is 2.90. The second-order valence-corrected chi connectivity index (χ2v) is 4.45. The Balaban J connectivity index is 2.08. The van der Waals surface area contributed by atoms with E-state index >= 15 is 0 Å². The van der Waals surface area contributed by atoms with Gasteiger partial charge in [-0.25, -0.2) is 10.8 Å². The molecule has 0 radical (unpaired) electrons. The molecule has 3 rings (SSSR count). The van der Waals surface area contributed by atoms with E-state index < -0.39 is 5.82 Å². The molecule has 1 aromatic carbocycles. The molecule has 0 atom stereocenters. The summed E-state index contributed by atoms with van der Waals surface area (Å²) >= 11 is 6.09. The number of hydrogen-bond donors (Lipinski definition) is 2. The lowest BCUT2D eigenvalue weighted by atomic mass is 10.2. The molecule has 0 unspecified atom stereocenters. The maximum absolute atomic E-state index is 13.7. The molecule has 106 valence electrons. The first-order valence-electron chi connectivity index (χ1n) is 5.89. The number of nitrogens with two attached hydrogens (primary N) is 1. The van der Waals surface area contributed by atoms with Crippen molar-refractivity contribution >= 4 is 28.5 Å². The largest absolute Gasteiger partial charge is 0.434 e. The van der Waals surface area contributed by atoms with E-state index in [4.69, 9.17) is 22.2 Å². The number of nitrogens with one attached hydrogen (secondary N) is 1. The summed E-state index contributed by atoms with van der Waals surface area (Å²) in [4.78, 5) is 11.6. The van der Waals surface area contributed by atoms with Crippen LogP contribution >= 0.6 is 11.6 Å². The number of aromatic nitrogens is 3. The quantitative estimate of drug-likeness (QED) is 0.571. The van der Waals surface area contributed by atoms with Crippen LogP contribution in [-0.4, -0.2) is 15.0 Å². The van der Waals surface area contributed by atoms with E-state index in [-0.39, 0.29) is 11.8 Å². The molecule has 0 aliphatic carbocycles. The van der Waals surface area contributed by atoms with Gasteiger partial charge in [0.25, 0.3) is 5.88 Å². The number of hydrazine groups is 1. The first kappa shape index (κ1) is 13.5. The number of nitrogen functional groups attached to an aromatic ring is 1. The highest BCUT2D eigenvalue weighted by Crippen LogP contribution is 2.32. The van der Waals surface area contributed by atoms with Gasteiger partial charge in [0.2, 0.25) is 11.8 Å². The number of pyridine rings is 1. The molecule has 0 saturated carbocycles. The maximum atomic E-state index is 13.7. The zero-order valence-electron chi connectivity index (χ0n) is 10.5. The summed E-state index contributed by atoms with van der Waals surface area (Å²) in [6, 6.07) is 6.78. The Morgan fingerprint density at radius 1 is 1.24 bits per heavy atom. The van der Waals surface area contributed by atoms with Crippen LogP contribution in [-0.2, 0) is 0 Å². The predicted molar refractivity (Wildman–Crippen MR) is 76.6 cm³/mol. The fourth-order valence-corrected chi connectivity index (χ4v) is 2.01. The lowest BCUT2D eigenvalue weighted by molar-refractivity contribution is 0.424. The normalized spacial score (nSPS) is 10.6. The average molecular weight is 306 g/mol. The molecule has 0 aliphatic rings. The molecule has 0 spiro atoms. The highest BCUT2D eigenvalue weighted by atomic mass is 35.5. The SMILES string of the molecule is NNc1ncc(F)c(Oc2ccc(Cl)c3cccnc23)n1. The lowest BCUT2D eigenvalue weighted by Gasteiger charge is -2.09. The van der Waals surface area contributed by atoms with Crippen LogP contribution in [0.3, 0.4) is 0 Å². The zero-order valence-corrected chi connectivity index (χ0v) is 11.3. The number of rotatable bonds is 3. The van der Waals surface area contributed by atoms with Crippen molar-refractivity contribution in [2.24, 2.45) is 5.84 Å². The van der Waals surface area contributed by atoms with Crippen LogP contribution < -0.4 is 16.0 Å². The summed E-state index contributed by atoms with van der Waals surface area (Å²) in [6.45, 7) is 0. The molecule has 0 bridgehead atoms. The Morgan fingerprint density at radius 2 is 2.10 bits per heavy atom. The maximum Gasteiger partial charge on any atom is 0.260 e. The molecule has 2 aromatic heterocycles. The van der Waals surface area contributed by atoms with Gasteiger partial charge >= 0.3 is 0 Å². The lowest BCUT2D eigenvalue weighted by Crippen LogP contribution is -2.11. The molecule has 8 heteroatoms. The van der Waals surface area contributed by atoms with Crippen LogP contribution in [0.4, 0.5) is 10.3 Å². The topological polar surface area (TPSA) is 86.0 Å². The first-order chi connectivity index (χ1) is 10.2. The van der Waals surface area contributed by atoms with Crippen LogP contribution in [0, 0.1) is 5.82 Å². The third kappa shape index (κ3) is 2.56.